The average molecular weight is 243 g/mol. The van der Waals surface area contributed by atoms with E-state index in [2.05, 4.69) is 28.9 Å². The fourth-order valence-electron chi connectivity index (χ4n) is 1.55. The zero-order valence-electron chi connectivity index (χ0n) is 7.92. The van der Waals surface area contributed by atoms with Crippen molar-refractivity contribution < 1.29 is 4.79 Å². The predicted octanol–water partition coefficient (Wildman–Crippen LogP) is 3.60. The van der Waals surface area contributed by atoms with Crippen molar-refractivity contribution in [1.29, 1.82) is 0 Å². The smallest absolute Gasteiger partial charge is 0.155 e. The van der Waals surface area contributed by atoms with Crippen molar-refractivity contribution in [3.05, 3.63) is 22.7 Å². The molecule has 1 rings (SSSR count). The molecule has 0 saturated heterocycles. The monoisotopic (exact) mass is 242 g/mol. The van der Waals surface area contributed by atoms with Gasteiger partial charge in [0.25, 0.3) is 0 Å². The van der Waals surface area contributed by atoms with E-state index in [0.29, 0.717) is 12.3 Å². The van der Waals surface area contributed by atoms with Crippen LogP contribution in [0.15, 0.2) is 22.7 Å². The zero-order chi connectivity index (χ0) is 9.68. The van der Waals surface area contributed by atoms with E-state index >= 15 is 0 Å². The topological polar surface area (TPSA) is 17.1 Å². The number of carbonyl (C=O) groups excluding carboxylic acids is 1. The molecular weight excluding hydrogens is 228 g/mol. The average Bonchev–Trinajstić information content (AvgIpc) is 2.09. The van der Waals surface area contributed by atoms with E-state index in [1.807, 2.05) is 6.08 Å². The van der Waals surface area contributed by atoms with Crippen LogP contribution in [-0.2, 0) is 4.79 Å². The first-order chi connectivity index (χ1) is 6.22. The maximum atomic E-state index is 11.2. The number of carbonyl (C=O) groups is 1. The third kappa shape index (κ3) is 3.90. The van der Waals surface area contributed by atoms with Crippen LogP contribution in [0.4, 0.5) is 0 Å². The van der Waals surface area contributed by atoms with Crippen molar-refractivity contribution in [2.75, 3.05) is 0 Å². The Hall–Kier alpha value is -0.370. The van der Waals surface area contributed by atoms with Crippen LogP contribution in [0.1, 0.15) is 32.6 Å². The Labute approximate surface area is 88.0 Å². The molecule has 0 N–H and O–H groups in total. The lowest BCUT2D eigenvalue weighted by Gasteiger charge is -2.12. The number of hydrogen-bond acceptors (Lipinski definition) is 1. The van der Waals surface area contributed by atoms with Crippen LogP contribution in [0.2, 0.25) is 0 Å². The van der Waals surface area contributed by atoms with Gasteiger partial charge in [-0.05, 0) is 30.9 Å². The summed E-state index contributed by atoms with van der Waals surface area (Å²) in [7, 11) is 0. The molecule has 2 heteroatoms. The van der Waals surface area contributed by atoms with Crippen LogP contribution < -0.4 is 0 Å². The van der Waals surface area contributed by atoms with Crippen LogP contribution in [-0.4, -0.2) is 5.78 Å². The maximum Gasteiger partial charge on any atom is 0.155 e. The molecule has 0 radical (unpaired) electrons. The molecule has 72 valence electrons. The van der Waals surface area contributed by atoms with Crippen LogP contribution in [0, 0.1) is 5.92 Å². The van der Waals surface area contributed by atoms with Gasteiger partial charge in [-0.1, -0.05) is 35.4 Å². The summed E-state index contributed by atoms with van der Waals surface area (Å²) in [4.78, 5) is 11.2. The first-order valence-electron chi connectivity index (χ1n) is 4.80. The van der Waals surface area contributed by atoms with Gasteiger partial charge in [0, 0.05) is 10.9 Å². The fraction of sp³-hybridized carbons (Fsp3) is 0.545. The lowest BCUT2D eigenvalue weighted by Crippen LogP contribution is -2.03. The molecule has 1 nitrogen and oxygen atoms in total. The number of rotatable bonds is 2. The van der Waals surface area contributed by atoms with Crippen molar-refractivity contribution in [2.45, 2.75) is 32.6 Å². The molecule has 1 unspecified atom stereocenters. The van der Waals surface area contributed by atoms with Gasteiger partial charge >= 0.3 is 0 Å². The Balaban J connectivity index is 2.67. The molecule has 1 aliphatic rings. The highest BCUT2D eigenvalue weighted by Crippen LogP contribution is 2.22. The number of ketones is 1. The summed E-state index contributed by atoms with van der Waals surface area (Å²) < 4.78 is 1.04. The van der Waals surface area contributed by atoms with Gasteiger partial charge in [0.15, 0.2) is 5.78 Å². The fourth-order valence-corrected chi connectivity index (χ4v) is 2.05. The summed E-state index contributed by atoms with van der Waals surface area (Å²) in [5.41, 5.74) is 0. The lowest BCUT2D eigenvalue weighted by molar-refractivity contribution is -0.114. The van der Waals surface area contributed by atoms with Gasteiger partial charge in [-0.2, -0.15) is 0 Å². The van der Waals surface area contributed by atoms with E-state index in [1.54, 1.807) is 6.08 Å². The molecule has 13 heavy (non-hydrogen) atoms. The molecular formula is C11H15BrO. The largest absolute Gasteiger partial charge is 0.295 e. The van der Waals surface area contributed by atoms with E-state index in [1.165, 1.54) is 12.8 Å². The molecule has 0 amide bonds. The molecule has 0 aromatic carbocycles. The van der Waals surface area contributed by atoms with Crippen molar-refractivity contribution in [3.8, 4) is 0 Å². The zero-order valence-corrected chi connectivity index (χ0v) is 9.51. The van der Waals surface area contributed by atoms with Gasteiger partial charge in [0.2, 0.25) is 0 Å². The van der Waals surface area contributed by atoms with Crippen molar-refractivity contribution in [1.82, 2.24) is 0 Å². The van der Waals surface area contributed by atoms with E-state index in [-0.39, 0.29) is 5.78 Å². The van der Waals surface area contributed by atoms with Crippen LogP contribution in [0.25, 0.3) is 0 Å². The molecule has 0 aromatic rings. The second-order valence-electron chi connectivity index (χ2n) is 3.44. The Kier molecular flexibility index (Phi) is 4.43. The maximum absolute atomic E-state index is 11.2. The summed E-state index contributed by atoms with van der Waals surface area (Å²) in [5.74, 6) is 0.805. The Bertz CT molecular complexity index is 240. The SMILES string of the molecule is CCCC1/C=C(Br)\C=C/C(=O)CC1. The van der Waals surface area contributed by atoms with Gasteiger partial charge in [-0.3, -0.25) is 4.79 Å². The molecule has 0 bridgehead atoms. The quantitative estimate of drug-likeness (QED) is 0.724. The van der Waals surface area contributed by atoms with Crippen molar-refractivity contribution in [2.24, 2.45) is 5.92 Å². The highest BCUT2D eigenvalue weighted by atomic mass is 79.9. The first kappa shape index (κ1) is 10.7. The third-order valence-electron chi connectivity index (χ3n) is 2.24. The molecule has 0 aliphatic heterocycles. The summed E-state index contributed by atoms with van der Waals surface area (Å²) in [6.45, 7) is 2.18. The predicted molar refractivity (Wildman–Crippen MR) is 58.8 cm³/mol. The highest BCUT2D eigenvalue weighted by Gasteiger charge is 2.09. The number of hydrogen-bond donors (Lipinski definition) is 0. The van der Waals surface area contributed by atoms with Crippen LogP contribution in [0.3, 0.4) is 0 Å². The molecule has 0 heterocycles. The standard InChI is InChI=1S/C11H15BrO/c1-2-3-9-4-6-11(13)7-5-10(12)8-9/h5,7-9H,2-4,6H2,1H3/b7-5-,10-8+. The van der Waals surface area contributed by atoms with Gasteiger partial charge < -0.3 is 0 Å². The highest BCUT2D eigenvalue weighted by molar-refractivity contribution is 9.11. The van der Waals surface area contributed by atoms with E-state index in [9.17, 15) is 4.79 Å². The molecule has 1 aliphatic carbocycles. The molecule has 1 atom stereocenters. The summed E-state index contributed by atoms with van der Waals surface area (Å²) in [5, 5.41) is 0. The van der Waals surface area contributed by atoms with Gasteiger partial charge in [0.05, 0.1) is 0 Å². The number of allylic oxidation sites excluding steroid dienone is 4. The minimum atomic E-state index is 0.242. The van der Waals surface area contributed by atoms with Crippen molar-refractivity contribution in [3.63, 3.8) is 0 Å². The van der Waals surface area contributed by atoms with Gasteiger partial charge in [0.1, 0.15) is 0 Å². The Morgan fingerprint density at radius 1 is 1.54 bits per heavy atom. The molecule has 0 spiro atoms. The Morgan fingerprint density at radius 3 is 3.00 bits per heavy atom. The van der Waals surface area contributed by atoms with E-state index in [4.69, 9.17) is 0 Å². The van der Waals surface area contributed by atoms with Crippen molar-refractivity contribution >= 4 is 21.7 Å². The molecule has 0 fully saturated rings. The van der Waals surface area contributed by atoms with Crippen LogP contribution in [0.5, 0.6) is 0 Å². The van der Waals surface area contributed by atoms with Crippen LogP contribution >= 0.6 is 15.9 Å². The minimum Gasteiger partial charge on any atom is -0.295 e. The second-order valence-corrected chi connectivity index (χ2v) is 4.35. The third-order valence-corrected chi connectivity index (χ3v) is 2.77. The first-order valence-corrected chi connectivity index (χ1v) is 5.60. The minimum absolute atomic E-state index is 0.242. The summed E-state index contributed by atoms with van der Waals surface area (Å²) in [6.07, 6.45) is 9.76. The molecule has 0 saturated carbocycles. The van der Waals surface area contributed by atoms with E-state index < -0.39 is 0 Å². The lowest BCUT2D eigenvalue weighted by atomic mass is 9.94. The second kappa shape index (κ2) is 5.38. The summed E-state index contributed by atoms with van der Waals surface area (Å²) in [6, 6.07) is 0. The molecule has 0 aromatic heterocycles. The van der Waals surface area contributed by atoms with E-state index in [0.717, 1.165) is 10.9 Å². The summed E-state index contributed by atoms with van der Waals surface area (Å²) >= 11 is 3.43. The Morgan fingerprint density at radius 2 is 2.31 bits per heavy atom. The van der Waals surface area contributed by atoms with Gasteiger partial charge in [-0.15, -0.1) is 0 Å². The normalized spacial score (nSPS) is 30.2. The number of halogens is 1. The van der Waals surface area contributed by atoms with Gasteiger partial charge in [-0.25, -0.2) is 0 Å².